The molecule has 1 aromatic carbocycles. The van der Waals surface area contributed by atoms with Gasteiger partial charge in [0.05, 0.1) is 10.2 Å². The standard InChI is InChI=1S/C10H13BrFN3O3S/c1-10(2,9(14)16)15-19(17,18)8-3-5(11)6(12)4-7(8)13/h3-4,15H,13H2,1-2H3,(H2,14,16). The molecule has 0 aromatic heterocycles. The molecule has 0 radical (unpaired) electrons. The number of nitrogens with two attached hydrogens (primary N) is 2. The second-order valence-electron chi connectivity index (χ2n) is 4.40. The monoisotopic (exact) mass is 353 g/mol. The van der Waals surface area contributed by atoms with Gasteiger partial charge in [-0.05, 0) is 41.9 Å². The number of nitrogens with one attached hydrogen (secondary N) is 1. The van der Waals surface area contributed by atoms with E-state index in [1.807, 2.05) is 0 Å². The lowest BCUT2D eigenvalue weighted by Gasteiger charge is -2.22. The van der Waals surface area contributed by atoms with Crippen LogP contribution in [0.2, 0.25) is 0 Å². The maximum absolute atomic E-state index is 13.2. The van der Waals surface area contributed by atoms with E-state index in [1.54, 1.807) is 0 Å². The van der Waals surface area contributed by atoms with Crippen molar-refractivity contribution in [2.45, 2.75) is 24.3 Å². The highest BCUT2D eigenvalue weighted by Gasteiger charge is 2.32. The minimum Gasteiger partial charge on any atom is -0.398 e. The van der Waals surface area contributed by atoms with Gasteiger partial charge in [-0.15, -0.1) is 0 Å². The van der Waals surface area contributed by atoms with Crippen LogP contribution in [-0.2, 0) is 14.8 Å². The number of sulfonamides is 1. The fraction of sp³-hybridized carbons (Fsp3) is 0.300. The SMILES string of the molecule is CC(C)(NS(=O)(=O)c1cc(Br)c(F)cc1N)C(N)=O. The zero-order valence-electron chi connectivity index (χ0n) is 10.2. The Morgan fingerprint density at radius 2 is 1.95 bits per heavy atom. The van der Waals surface area contributed by atoms with Crippen LogP contribution in [0.4, 0.5) is 10.1 Å². The maximum atomic E-state index is 13.2. The maximum Gasteiger partial charge on any atom is 0.243 e. The summed E-state index contributed by atoms with van der Waals surface area (Å²) in [4.78, 5) is 10.8. The summed E-state index contributed by atoms with van der Waals surface area (Å²) in [6.45, 7) is 2.61. The molecule has 1 amide bonds. The Morgan fingerprint density at radius 3 is 2.42 bits per heavy atom. The van der Waals surface area contributed by atoms with Crippen molar-refractivity contribution >= 4 is 37.5 Å². The topological polar surface area (TPSA) is 115 Å². The third-order valence-electron chi connectivity index (χ3n) is 2.35. The highest BCUT2D eigenvalue weighted by atomic mass is 79.9. The third kappa shape index (κ3) is 3.43. The molecule has 6 nitrogen and oxygen atoms in total. The minimum atomic E-state index is -4.11. The molecule has 1 aromatic rings. The highest BCUT2D eigenvalue weighted by Crippen LogP contribution is 2.26. The molecular weight excluding hydrogens is 341 g/mol. The second-order valence-corrected chi connectivity index (χ2v) is 6.90. The number of carbonyl (C=O) groups excluding carboxylic acids is 1. The van der Waals surface area contributed by atoms with E-state index in [1.165, 1.54) is 13.8 Å². The molecule has 19 heavy (non-hydrogen) atoms. The van der Waals surface area contributed by atoms with E-state index in [0.29, 0.717) is 0 Å². The summed E-state index contributed by atoms with van der Waals surface area (Å²) in [6.07, 6.45) is 0. The first-order valence-electron chi connectivity index (χ1n) is 5.06. The van der Waals surface area contributed by atoms with Gasteiger partial charge < -0.3 is 11.5 Å². The summed E-state index contributed by atoms with van der Waals surface area (Å²) in [5.41, 5.74) is 8.79. The van der Waals surface area contributed by atoms with Crippen molar-refractivity contribution < 1.29 is 17.6 Å². The fourth-order valence-corrected chi connectivity index (χ4v) is 3.24. The van der Waals surface area contributed by atoms with Crippen LogP contribution in [0.5, 0.6) is 0 Å². The zero-order valence-corrected chi connectivity index (χ0v) is 12.6. The Labute approximate surface area is 118 Å². The first-order valence-corrected chi connectivity index (χ1v) is 7.33. The van der Waals surface area contributed by atoms with Crippen molar-refractivity contribution in [2.24, 2.45) is 5.73 Å². The molecule has 5 N–H and O–H groups in total. The Kier molecular flexibility index (Phi) is 4.23. The van der Waals surface area contributed by atoms with Gasteiger partial charge in [-0.2, -0.15) is 4.72 Å². The van der Waals surface area contributed by atoms with Crippen molar-refractivity contribution in [1.82, 2.24) is 4.72 Å². The van der Waals surface area contributed by atoms with Crippen LogP contribution < -0.4 is 16.2 Å². The lowest BCUT2D eigenvalue weighted by Crippen LogP contribution is -2.52. The van der Waals surface area contributed by atoms with Crippen molar-refractivity contribution in [3.05, 3.63) is 22.4 Å². The molecule has 0 heterocycles. The van der Waals surface area contributed by atoms with E-state index in [2.05, 4.69) is 20.7 Å². The molecule has 1 rings (SSSR count). The van der Waals surface area contributed by atoms with E-state index < -0.39 is 27.3 Å². The van der Waals surface area contributed by atoms with Gasteiger partial charge >= 0.3 is 0 Å². The number of nitrogen functional groups attached to an aromatic ring is 1. The predicted octanol–water partition coefficient (Wildman–Crippen LogP) is 0.713. The lowest BCUT2D eigenvalue weighted by molar-refractivity contribution is -0.122. The second kappa shape index (κ2) is 5.06. The summed E-state index contributed by atoms with van der Waals surface area (Å²) < 4.78 is 39.4. The summed E-state index contributed by atoms with van der Waals surface area (Å²) in [6, 6.07) is 1.89. The number of primary amides is 1. The van der Waals surface area contributed by atoms with Crippen LogP contribution >= 0.6 is 15.9 Å². The average molecular weight is 354 g/mol. The van der Waals surface area contributed by atoms with Gasteiger partial charge in [-0.3, -0.25) is 4.79 Å². The van der Waals surface area contributed by atoms with Crippen LogP contribution in [0, 0.1) is 5.82 Å². The van der Waals surface area contributed by atoms with Crippen LogP contribution in [0.1, 0.15) is 13.8 Å². The number of hydrogen-bond donors (Lipinski definition) is 3. The highest BCUT2D eigenvalue weighted by molar-refractivity contribution is 9.10. The average Bonchev–Trinajstić information content (AvgIpc) is 2.21. The van der Waals surface area contributed by atoms with E-state index >= 15 is 0 Å². The van der Waals surface area contributed by atoms with Crippen molar-refractivity contribution in [3.8, 4) is 0 Å². The predicted molar refractivity (Wildman–Crippen MR) is 72.1 cm³/mol. The normalized spacial score (nSPS) is 12.4. The first-order chi connectivity index (χ1) is 8.47. The lowest BCUT2D eigenvalue weighted by atomic mass is 10.1. The Bertz CT molecular complexity index is 631. The van der Waals surface area contributed by atoms with Gasteiger partial charge in [0.2, 0.25) is 15.9 Å². The van der Waals surface area contributed by atoms with Crippen LogP contribution in [0.15, 0.2) is 21.5 Å². The molecule has 0 saturated heterocycles. The third-order valence-corrected chi connectivity index (χ3v) is 4.67. The van der Waals surface area contributed by atoms with Crippen molar-refractivity contribution in [2.75, 3.05) is 5.73 Å². The van der Waals surface area contributed by atoms with Crippen LogP contribution in [0.25, 0.3) is 0 Å². The smallest absolute Gasteiger partial charge is 0.243 e. The largest absolute Gasteiger partial charge is 0.398 e. The molecular formula is C10H13BrFN3O3S. The van der Waals surface area contributed by atoms with Gasteiger partial charge in [-0.1, -0.05) is 0 Å². The number of carbonyl (C=O) groups is 1. The zero-order chi connectivity index (χ0) is 15.0. The number of hydrogen-bond acceptors (Lipinski definition) is 4. The van der Waals surface area contributed by atoms with Gasteiger partial charge in [0.25, 0.3) is 0 Å². The van der Waals surface area contributed by atoms with Crippen molar-refractivity contribution in [3.63, 3.8) is 0 Å². The number of amides is 1. The molecule has 0 spiro atoms. The van der Waals surface area contributed by atoms with E-state index in [9.17, 15) is 17.6 Å². The molecule has 0 unspecified atom stereocenters. The van der Waals surface area contributed by atoms with Gasteiger partial charge in [0, 0.05) is 0 Å². The van der Waals surface area contributed by atoms with Gasteiger partial charge in [0.15, 0.2) is 0 Å². The molecule has 106 valence electrons. The van der Waals surface area contributed by atoms with E-state index in [4.69, 9.17) is 11.5 Å². The number of anilines is 1. The first kappa shape index (κ1) is 15.9. The van der Waals surface area contributed by atoms with Crippen LogP contribution in [-0.4, -0.2) is 19.9 Å². The van der Waals surface area contributed by atoms with Crippen LogP contribution in [0.3, 0.4) is 0 Å². The van der Waals surface area contributed by atoms with E-state index in [-0.39, 0.29) is 15.1 Å². The summed E-state index contributed by atoms with van der Waals surface area (Å²) in [5, 5.41) is 0. The Hall–Kier alpha value is -1.19. The molecule has 0 fully saturated rings. The summed E-state index contributed by atoms with van der Waals surface area (Å²) >= 11 is 2.87. The molecule has 0 saturated carbocycles. The van der Waals surface area contributed by atoms with E-state index in [0.717, 1.165) is 12.1 Å². The molecule has 9 heteroatoms. The molecule has 0 bridgehead atoms. The quantitative estimate of drug-likeness (QED) is 0.691. The summed E-state index contributed by atoms with van der Waals surface area (Å²) in [7, 11) is -4.11. The van der Waals surface area contributed by atoms with Gasteiger partial charge in [-0.25, -0.2) is 12.8 Å². The number of halogens is 2. The fourth-order valence-electron chi connectivity index (χ4n) is 1.22. The molecule has 0 aliphatic rings. The van der Waals surface area contributed by atoms with Crippen molar-refractivity contribution in [1.29, 1.82) is 0 Å². The minimum absolute atomic E-state index is 0.0565. The molecule has 0 atom stereocenters. The Morgan fingerprint density at radius 1 is 1.42 bits per heavy atom. The molecule has 0 aliphatic carbocycles. The molecule has 0 aliphatic heterocycles. The Balaban J connectivity index is 3.30. The number of rotatable bonds is 4. The number of benzene rings is 1. The summed E-state index contributed by atoms with van der Waals surface area (Å²) in [5.74, 6) is -1.54. The van der Waals surface area contributed by atoms with Gasteiger partial charge in [0.1, 0.15) is 16.3 Å².